The molecule has 86 valence electrons. The Kier molecular flexibility index (Phi) is 3.45. The number of hydrogen-bond acceptors (Lipinski definition) is 2. The van der Waals surface area contributed by atoms with Crippen LogP contribution in [0.15, 0.2) is 0 Å². The molecular weight excluding hydrogens is 186 g/mol. The summed E-state index contributed by atoms with van der Waals surface area (Å²) in [4.78, 5) is 0. The second kappa shape index (κ2) is 4.14. The van der Waals surface area contributed by atoms with Crippen LogP contribution in [0.1, 0.15) is 53.4 Å². The van der Waals surface area contributed by atoms with E-state index in [0.717, 1.165) is 25.7 Å². The predicted molar refractivity (Wildman–Crippen MR) is 61.1 cm³/mol. The van der Waals surface area contributed by atoms with Gasteiger partial charge < -0.3 is 5.11 Å². The van der Waals surface area contributed by atoms with Crippen LogP contribution < -0.4 is 0 Å². The Bertz CT molecular complexity index is 251. The fourth-order valence-corrected chi connectivity index (χ4v) is 2.54. The quantitative estimate of drug-likeness (QED) is 0.721. The van der Waals surface area contributed by atoms with Crippen molar-refractivity contribution in [1.82, 2.24) is 0 Å². The second-order valence-corrected chi connectivity index (χ2v) is 6.09. The van der Waals surface area contributed by atoms with Crippen LogP contribution in [0, 0.1) is 28.6 Å². The van der Waals surface area contributed by atoms with Gasteiger partial charge in [0, 0.05) is 0 Å². The van der Waals surface area contributed by atoms with Crippen molar-refractivity contribution in [1.29, 1.82) is 5.26 Å². The molecule has 2 heteroatoms. The number of rotatable bonds is 1. The van der Waals surface area contributed by atoms with Gasteiger partial charge >= 0.3 is 0 Å². The molecule has 15 heavy (non-hydrogen) atoms. The SMILES string of the molecule is CC(C#N)C1(O)CCC(C(C)(C)C)CC1. The number of nitrogens with zero attached hydrogens (tertiary/aromatic N) is 1. The van der Waals surface area contributed by atoms with E-state index < -0.39 is 5.60 Å². The Labute approximate surface area is 93.3 Å². The van der Waals surface area contributed by atoms with Gasteiger partial charge in [0.25, 0.3) is 0 Å². The molecule has 0 radical (unpaired) electrons. The zero-order valence-electron chi connectivity index (χ0n) is 10.4. The lowest BCUT2D eigenvalue weighted by atomic mass is 9.66. The molecule has 0 aromatic carbocycles. The molecule has 0 aromatic rings. The monoisotopic (exact) mass is 209 g/mol. The molecule has 1 atom stereocenters. The van der Waals surface area contributed by atoms with E-state index >= 15 is 0 Å². The first kappa shape index (κ1) is 12.5. The highest BCUT2D eigenvalue weighted by molar-refractivity contribution is 4.99. The maximum absolute atomic E-state index is 10.3. The van der Waals surface area contributed by atoms with Crippen LogP contribution >= 0.6 is 0 Å². The molecule has 0 amide bonds. The van der Waals surface area contributed by atoms with E-state index in [-0.39, 0.29) is 5.92 Å². The van der Waals surface area contributed by atoms with E-state index in [2.05, 4.69) is 26.8 Å². The third-order valence-corrected chi connectivity index (χ3v) is 4.08. The van der Waals surface area contributed by atoms with E-state index in [1.165, 1.54) is 0 Å². The summed E-state index contributed by atoms with van der Waals surface area (Å²) in [7, 11) is 0. The van der Waals surface area contributed by atoms with Crippen LogP contribution in [0.4, 0.5) is 0 Å². The summed E-state index contributed by atoms with van der Waals surface area (Å²) in [6, 6.07) is 2.18. The van der Waals surface area contributed by atoms with Gasteiger partial charge in [0.1, 0.15) is 0 Å². The van der Waals surface area contributed by atoms with Crippen molar-refractivity contribution < 1.29 is 5.11 Å². The molecule has 1 unspecified atom stereocenters. The van der Waals surface area contributed by atoms with E-state index in [1.807, 2.05) is 6.92 Å². The van der Waals surface area contributed by atoms with Gasteiger partial charge in [0.15, 0.2) is 0 Å². The number of hydrogen-bond donors (Lipinski definition) is 1. The molecule has 0 bridgehead atoms. The van der Waals surface area contributed by atoms with Gasteiger partial charge in [-0.05, 0) is 43.9 Å². The minimum atomic E-state index is -0.726. The number of aliphatic hydroxyl groups is 1. The Balaban J connectivity index is 2.60. The van der Waals surface area contributed by atoms with Crippen LogP contribution in [0.25, 0.3) is 0 Å². The summed E-state index contributed by atoms with van der Waals surface area (Å²) in [5.41, 5.74) is -0.395. The zero-order chi connectivity index (χ0) is 11.7. The summed E-state index contributed by atoms with van der Waals surface area (Å²) >= 11 is 0. The predicted octanol–water partition coefficient (Wildman–Crippen LogP) is 3.11. The minimum absolute atomic E-state index is 0.238. The summed E-state index contributed by atoms with van der Waals surface area (Å²) in [6.45, 7) is 8.61. The molecule has 0 aromatic heterocycles. The molecule has 2 nitrogen and oxygen atoms in total. The third kappa shape index (κ3) is 2.72. The van der Waals surface area contributed by atoms with Crippen LogP contribution in [0.3, 0.4) is 0 Å². The third-order valence-electron chi connectivity index (χ3n) is 4.08. The van der Waals surface area contributed by atoms with Crippen LogP contribution in [0.2, 0.25) is 0 Å². The fraction of sp³-hybridized carbons (Fsp3) is 0.923. The molecule has 0 saturated heterocycles. The fourth-order valence-electron chi connectivity index (χ4n) is 2.54. The normalized spacial score (nSPS) is 34.5. The van der Waals surface area contributed by atoms with Gasteiger partial charge in [-0.3, -0.25) is 0 Å². The first-order valence-corrected chi connectivity index (χ1v) is 5.91. The topological polar surface area (TPSA) is 44.0 Å². The number of nitriles is 1. The van der Waals surface area contributed by atoms with E-state index in [1.54, 1.807) is 0 Å². The van der Waals surface area contributed by atoms with Crippen LogP contribution in [0.5, 0.6) is 0 Å². The van der Waals surface area contributed by atoms with Gasteiger partial charge in [-0.2, -0.15) is 5.26 Å². The highest BCUT2D eigenvalue weighted by Crippen LogP contribution is 2.43. The maximum Gasteiger partial charge on any atom is 0.0802 e. The van der Waals surface area contributed by atoms with Crippen LogP contribution in [-0.2, 0) is 0 Å². The summed E-state index contributed by atoms with van der Waals surface area (Å²) in [6.07, 6.45) is 3.66. The average molecular weight is 209 g/mol. The van der Waals surface area contributed by atoms with Crippen molar-refractivity contribution in [3.8, 4) is 6.07 Å². The molecule has 0 spiro atoms. The first-order chi connectivity index (χ1) is 6.79. The lowest BCUT2D eigenvalue weighted by molar-refractivity contribution is -0.0492. The molecule has 0 heterocycles. The smallest absolute Gasteiger partial charge is 0.0802 e. The second-order valence-electron chi connectivity index (χ2n) is 6.09. The van der Waals surface area contributed by atoms with Gasteiger partial charge in [-0.25, -0.2) is 0 Å². The molecule has 1 saturated carbocycles. The van der Waals surface area contributed by atoms with Crippen molar-refractivity contribution in [2.24, 2.45) is 17.3 Å². The van der Waals surface area contributed by atoms with Gasteiger partial charge in [-0.1, -0.05) is 20.8 Å². The van der Waals surface area contributed by atoms with Gasteiger partial charge in [0.05, 0.1) is 17.6 Å². The summed E-state index contributed by atoms with van der Waals surface area (Å²) in [5, 5.41) is 19.2. The van der Waals surface area contributed by atoms with Crippen molar-refractivity contribution in [3.05, 3.63) is 0 Å². The molecule has 0 aliphatic heterocycles. The van der Waals surface area contributed by atoms with Crippen molar-refractivity contribution in [2.75, 3.05) is 0 Å². The zero-order valence-corrected chi connectivity index (χ0v) is 10.4. The minimum Gasteiger partial charge on any atom is -0.389 e. The lowest BCUT2D eigenvalue weighted by Crippen LogP contribution is -2.41. The Hall–Kier alpha value is -0.550. The van der Waals surface area contributed by atoms with E-state index in [0.29, 0.717) is 11.3 Å². The average Bonchev–Trinajstić information content (AvgIpc) is 2.15. The Morgan fingerprint density at radius 1 is 1.33 bits per heavy atom. The largest absolute Gasteiger partial charge is 0.389 e. The van der Waals surface area contributed by atoms with Crippen LogP contribution in [-0.4, -0.2) is 10.7 Å². The lowest BCUT2D eigenvalue weighted by Gasteiger charge is -2.42. The molecule has 1 fully saturated rings. The molecule has 1 aliphatic rings. The molecule has 1 aliphatic carbocycles. The summed E-state index contributed by atoms with van der Waals surface area (Å²) < 4.78 is 0. The summed E-state index contributed by atoms with van der Waals surface area (Å²) in [5.74, 6) is 0.446. The molecular formula is C13H23NO. The van der Waals surface area contributed by atoms with Gasteiger partial charge in [-0.15, -0.1) is 0 Å². The van der Waals surface area contributed by atoms with E-state index in [9.17, 15) is 5.11 Å². The van der Waals surface area contributed by atoms with E-state index in [4.69, 9.17) is 5.26 Å². The van der Waals surface area contributed by atoms with Crippen molar-refractivity contribution in [2.45, 2.75) is 59.0 Å². The van der Waals surface area contributed by atoms with Crippen molar-refractivity contribution in [3.63, 3.8) is 0 Å². The first-order valence-electron chi connectivity index (χ1n) is 5.91. The highest BCUT2D eigenvalue weighted by atomic mass is 16.3. The molecule has 1 N–H and O–H groups in total. The standard InChI is InChI=1S/C13H23NO/c1-10(9-14)13(15)7-5-11(6-8-13)12(2,3)4/h10-11,15H,5-8H2,1-4H3. The van der Waals surface area contributed by atoms with Gasteiger partial charge in [0.2, 0.25) is 0 Å². The maximum atomic E-state index is 10.3. The van der Waals surface area contributed by atoms with Crippen molar-refractivity contribution >= 4 is 0 Å². The Morgan fingerprint density at radius 3 is 2.13 bits per heavy atom. The Morgan fingerprint density at radius 2 is 1.80 bits per heavy atom. The highest BCUT2D eigenvalue weighted by Gasteiger charge is 2.40. The molecule has 1 rings (SSSR count).